The molecule has 0 fully saturated rings. The van der Waals surface area contributed by atoms with Gasteiger partial charge in [-0.25, -0.2) is 0 Å². The summed E-state index contributed by atoms with van der Waals surface area (Å²) in [5.74, 6) is 0.866. The van der Waals surface area contributed by atoms with Gasteiger partial charge in [0.2, 0.25) is 0 Å². The molecule has 0 aliphatic rings. The first kappa shape index (κ1) is 14.0. The molecular weight excluding hydrogens is 170 g/mol. The van der Waals surface area contributed by atoms with Crippen molar-refractivity contribution in [2.24, 2.45) is 11.3 Å². The summed E-state index contributed by atoms with van der Waals surface area (Å²) >= 11 is 0. The zero-order chi connectivity index (χ0) is 11.0. The SMILES string of the molecule is CCCC(C)(CNCC)CC(C)CC. The van der Waals surface area contributed by atoms with Crippen molar-refractivity contribution in [3.8, 4) is 0 Å². The highest BCUT2D eigenvalue weighted by Gasteiger charge is 2.24. The lowest BCUT2D eigenvalue weighted by Gasteiger charge is -2.32. The van der Waals surface area contributed by atoms with Gasteiger partial charge in [-0.05, 0) is 30.7 Å². The van der Waals surface area contributed by atoms with Crippen LogP contribution in [0.4, 0.5) is 0 Å². The Labute approximate surface area is 90.7 Å². The zero-order valence-electron chi connectivity index (χ0n) is 10.8. The van der Waals surface area contributed by atoms with Gasteiger partial charge in [-0.2, -0.15) is 0 Å². The quantitative estimate of drug-likeness (QED) is 0.626. The van der Waals surface area contributed by atoms with Crippen molar-refractivity contribution in [1.82, 2.24) is 5.32 Å². The fourth-order valence-electron chi connectivity index (χ4n) is 2.28. The highest BCUT2D eigenvalue weighted by Crippen LogP contribution is 2.31. The van der Waals surface area contributed by atoms with Gasteiger partial charge in [0, 0.05) is 6.54 Å². The number of nitrogens with one attached hydrogen (secondary N) is 1. The Morgan fingerprint density at radius 1 is 1.21 bits per heavy atom. The van der Waals surface area contributed by atoms with Gasteiger partial charge in [0.1, 0.15) is 0 Å². The minimum Gasteiger partial charge on any atom is -0.316 e. The maximum Gasteiger partial charge on any atom is 0.000514 e. The maximum absolute atomic E-state index is 3.50. The number of hydrogen-bond acceptors (Lipinski definition) is 1. The van der Waals surface area contributed by atoms with Gasteiger partial charge in [-0.15, -0.1) is 0 Å². The third kappa shape index (κ3) is 5.64. The van der Waals surface area contributed by atoms with Crippen LogP contribution in [0.5, 0.6) is 0 Å². The van der Waals surface area contributed by atoms with Gasteiger partial charge in [-0.1, -0.05) is 47.5 Å². The van der Waals surface area contributed by atoms with Crippen molar-refractivity contribution in [2.75, 3.05) is 13.1 Å². The molecule has 0 rings (SSSR count). The van der Waals surface area contributed by atoms with Crippen molar-refractivity contribution < 1.29 is 0 Å². The molecule has 0 aliphatic carbocycles. The fourth-order valence-corrected chi connectivity index (χ4v) is 2.28. The highest BCUT2D eigenvalue weighted by molar-refractivity contribution is 4.78. The van der Waals surface area contributed by atoms with E-state index in [9.17, 15) is 0 Å². The number of rotatable bonds is 8. The Morgan fingerprint density at radius 2 is 1.86 bits per heavy atom. The maximum atomic E-state index is 3.50. The van der Waals surface area contributed by atoms with E-state index in [4.69, 9.17) is 0 Å². The fraction of sp³-hybridized carbons (Fsp3) is 1.00. The summed E-state index contributed by atoms with van der Waals surface area (Å²) in [5.41, 5.74) is 0.514. The molecule has 0 heterocycles. The summed E-state index contributed by atoms with van der Waals surface area (Å²) in [5, 5.41) is 3.50. The molecule has 0 aliphatic heterocycles. The summed E-state index contributed by atoms with van der Waals surface area (Å²) in [6.45, 7) is 13.9. The minimum atomic E-state index is 0.514. The van der Waals surface area contributed by atoms with Crippen LogP contribution in [-0.2, 0) is 0 Å². The van der Waals surface area contributed by atoms with E-state index in [0.717, 1.165) is 12.5 Å². The van der Waals surface area contributed by atoms with Crippen molar-refractivity contribution >= 4 is 0 Å². The standard InChI is InChI=1S/C13H29N/c1-6-9-13(5,11-14-8-3)10-12(4)7-2/h12,14H,6-11H2,1-5H3. The smallest absolute Gasteiger partial charge is 0.000514 e. The van der Waals surface area contributed by atoms with Crippen LogP contribution >= 0.6 is 0 Å². The molecule has 0 saturated heterocycles. The second-order valence-corrected chi connectivity index (χ2v) is 5.06. The van der Waals surface area contributed by atoms with Crippen molar-refractivity contribution in [3.05, 3.63) is 0 Å². The Bertz CT molecular complexity index is 133. The molecule has 1 N–H and O–H groups in total. The molecule has 0 aromatic rings. The van der Waals surface area contributed by atoms with Gasteiger partial charge in [0.25, 0.3) is 0 Å². The lowest BCUT2D eigenvalue weighted by Crippen LogP contribution is -2.33. The van der Waals surface area contributed by atoms with Crippen LogP contribution in [0.2, 0.25) is 0 Å². The Balaban J connectivity index is 4.07. The van der Waals surface area contributed by atoms with Crippen LogP contribution < -0.4 is 5.32 Å². The van der Waals surface area contributed by atoms with Crippen molar-refractivity contribution in [2.45, 2.75) is 60.3 Å². The van der Waals surface area contributed by atoms with E-state index in [1.54, 1.807) is 0 Å². The van der Waals surface area contributed by atoms with E-state index in [2.05, 4.69) is 39.9 Å². The molecule has 1 nitrogen and oxygen atoms in total. The molecule has 0 aromatic carbocycles. The van der Waals surface area contributed by atoms with Crippen LogP contribution in [0.25, 0.3) is 0 Å². The Kier molecular flexibility index (Phi) is 7.26. The van der Waals surface area contributed by atoms with Crippen LogP contribution in [0.3, 0.4) is 0 Å². The largest absolute Gasteiger partial charge is 0.316 e. The predicted molar refractivity (Wildman–Crippen MR) is 65.6 cm³/mol. The molecule has 0 spiro atoms. The van der Waals surface area contributed by atoms with Crippen LogP contribution in [-0.4, -0.2) is 13.1 Å². The van der Waals surface area contributed by atoms with Crippen LogP contribution in [0.1, 0.15) is 60.3 Å². The molecule has 0 saturated carbocycles. The molecule has 0 radical (unpaired) electrons. The van der Waals surface area contributed by atoms with E-state index >= 15 is 0 Å². The summed E-state index contributed by atoms with van der Waals surface area (Å²) in [4.78, 5) is 0. The molecule has 2 unspecified atom stereocenters. The van der Waals surface area contributed by atoms with Gasteiger partial charge in [0.05, 0.1) is 0 Å². The first-order valence-corrected chi connectivity index (χ1v) is 6.28. The highest BCUT2D eigenvalue weighted by atomic mass is 14.9. The second-order valence-electron chi connectivity index (χ2n) is 5.06. The van der Waals surface area contributed by atoms with Gasteiger partial charge < -0.3 is 5.32 Å². The molecule has 1 heteroatoms. The summed E-state index contributed by atoms with van der Waals surface area (Å²) in [7, 11) is 0. The molecule has 0 aromatic heterocycles. The van der Waals surface area contributed by atoms with Gasteiger partial charge >= 0.3 is 0 Å². The third-order valence-electron chi connectivity index (χ3n) is 3.19. The minimum absolute atomic E-state index is 0.514. The van der Waals surface area contributed by atoms with E-state index in [0.29, 0.717) is 5.41 Å². The van der Waals surface area contributed by atoms with E-state index < -0.39 is 0 Å². The predicted octanol–water partition coefficient (Wildman–Crippen LogP) is 3.84. The Morgan fingerprint density at radius 3 is 2.29 bits per heavy atom. The van der Waals surface area contributed by atoms with E-state index in [-0.39, 0.29) is 0 Å². The van der Waals surface area contributed by atoms with Gasteiger partial charge in [-0.3, -0.25) is 0 Å². The average Bonchev–Trinajstić information content (AvgIpc) is 2.15. The molecule has 2 atom stereocenters. The van der Waals surface area contributed by atoms with E-state index in [1.807, 2.05) is 0 Å². The third-order valence-corrected chi connectivity index (χ3v) is 3.19. The average molecular weight is 199 g/mol. The molecule has 86 valence electrons. The van der Waals surface area contributed by atoms with E-state index in [1.165, 1.54) is 32.2 Å². The van der Waals surface area contributed by atoms with Crippen molar-refractivity contribution in [1.29, 1.82) is 0 Å². The molecule has 14 heavy (non-hydrogen) atoms. The lowest BCUT2D eigenvalue weighted by molar-refractivity contribution is 0.216. The summed E-state index contributed by atoms with van der Waals surface area (Å²) in [6, 6.07) is 0. The lowest BCUT2D eigenvalue weighted by atomic mass is 9.77. The summed E-state index contributed by atoms with van der Waals surface area (Å²) < 4.78 is 0. The first-order chi connectivity index (χ1) is 6.58. The normalized spacial score (nSPS) is 17.8. The molecule has 0 bridgehead atoms. The first-order valence-electron chi connectivity index (χ1n) is 6.28. The molecular formula is C13H29N. The monoisotopic (exact) mass is 199 g/mol. The van der Waals surface area contributed by atoms with Crippen molar-refractivity contribution in [3.63, 3.8) is 0 Å². The van der Waals surface area contributed by atoms with Gasteiger partial charge in [0.15, 0.2) is 0 Å². The number of hydrogen-bond donors (Lipinski definition) is 1. The van der Waals surface area contributed by atoms with Crippen LogP contribution in [0.15, 0.2) is 0 Å². The second kappa shape index (κ2) is 7.28. The zero-order valence-corrected chi connectivity index (χ0v) is 10.8. The summed E-state index contributed by atoms with van der Waals surface area (Å²) in [6.07, 6.45) is 5.33. The topological polar surface area (TPSA) is 12.0 Å². The molecule has 0 amide bonds. The van der Waals surface area contributed by atoms with Crippen LogP contribution in [0, 0.1) is 11.3 Å². The Hall–Kier alpha value is -0.0400.